The molecule has 1 heterocycles. The molecule has 1 aromatic rings. The van der Waals surface area contributed by atoms with Crippen molar-refractivity contribution in [3.63, 3.8) is 0 Å². The third-order valence-electron chi connectivity index (χ3n) is 2.65. The lowest BCUT2D eigenvalue weighted by molar-refractivity contribution is 0.419. The molecule has 0 fully saturated rings. The summed E-state index contributed by atoms with van der Waals surface area (Å²) in [5.41, 5.74) is 1.04. The standard InChI is InChI=1S/C11H22N4O2S/c1-4-15(18(3,16)17)7-5-6-12-8-11-9-13-10(2)14-11/h9,12H,4-8H2,1-3H3,(H,13,14). The summed E-state index contributed by atoms with van der Waals surface area (Å²) in [7, 11) is -3.06. The second kappa shape index (κ2) is 6.86. The molecule has 0 saturated heterocycles. The van der Waals surface area contributed by atoms with E-state index in [1.54, 1.807) is 6.20 Å². The lowest BCUT2D eigenvalue weighted by Crippen LogP contribution is -2.32. The van der Waals surface area contributed by atoms with Gasteiger partial charge in [-0.05, 0) is 19.9 Å². The van der Waals surface area contributed by atoms with Crippen molar-refractivity contribution in [3.05, 3.63) is 17.7 Å². The van der Waals surface area contributed by atoms with Crippen LogP contribution in [0.2, 0.25) is 0 Å². The van der Waals surface area contributed by atoms with E-state index in [0.717, 1.165) is 31.0 Å². The van der Waals surface area contributed by atoms with Crippen molar-refractivity contribution in [1.29, 1.82) is 0 Å². The maximum absolute atomic E-state index is 11.3. The van der Waals surface area contributed by atoms with Crippen LogP contribution in [0.15, 0.2) is 6.20 Å². The molecule has 1 aromatic heterocycles. The molecule has 18 heavy (non-hydrogen) atoms. The number of hydrogen-bond acceptors (Lipinski definition) is 4. The van der Waals surface area contributed by atoms with Gasteiger partial charge < -0.3 is 10.3 Å². The molecule has 0 spiro atoms. The lowest BCUT2D eigenvalue weighted by Gasteiger charge is -2.17. The molecular weight excluding hydrogens is 252 g/mol. The Labute approximate surface area is 109 Å². The fraction of sp³-hybridized carbons (Fsp3) is 0.727. The number of rotatable bonds is 8. The summed E-state index contributed by atoms with van der Waals surface area (Å²) in [5, 5.41) is 3.25. The zero-order valence-corrected chi connectivity index (χ0v) is 12.0. The molecule has 0 radical (unpaired) electrons. The summed E-state index contributed by atoms with van der Waals surface area (Å²) in [4.78, 5) is 7.24. The molecule has 0 bridgehead atoms. The van der Waals surface area contributed by atoms with Gasteiger partial charge in [0.15, 0.2) is 0 Å². The van der Waals surface area contributed by atoms with E-state index in [9.17, 15) is 8.42 Å². The van der Waals surface area contributed by atoms with Crippen LogP contribution in [0.1, 0.15) is 24.9 Å². The number of nitrogens with zero attached hydrogens (tertiary/aromatic N) is 2. The topological polar surface area (TPSA) is 78.1 Å². The summed E-state index contributed by atoms with van der Waals surface area (Å²) in [5.74, 6) is 0.904. The molecule has 6 nitrogen and oxygen atoms in total. The van der Waals surface area contributed by atoms with Crippen molar-refractivity contribution >= 4 is 10.0 Å². The Morgan fingerprint density at radius 3 is 2.72 bits per heavy atom. The number of aryl methyl sites for hydroxylation is 1. The molecule has 0 saturated carbocycles. The van der Waals surface area contributed by atoms with Crippen LogP contribution < -0.4 is 5.32 Å². The van der Waals surface area contributed by atoms with Gasteiger partial charge in [0, 0.05) is 31.5 Å². The molecule has 0 aliphatic rings. The zero-order valence-electron chi connectivity index (χ0n) is 11.2. The van der Waals surface area contributed by atoms with Crippen molar-refractivity contribution in [3.8, 4) is 0 Å². The first-order valence-corrected chi connectivity index (χ1v) is 7.94. The number of sulfonamides is 1. The highest BCUT2D eigenvalue weighted by molar-refractivity contribution is 7.88. The molecule has 2 N–H and O–H groups in total. The Kier molecular flexibility index (Phi) is 5.77. The third kappa shape index (κ3) is 5.16. The van der Waals surface area contributed by atoms with Gasteiger partial charge in [0.25, 0.3) is 0 Å². The van der Waals surface area contributed by atoms with Crippen LogP contribution in [-0.2, 0) is 16.6 Å². The van der Waals surface area contributed by atoms with Crippen molar-refractivity contribution in [1.82, 2.24) is 19.6 Å². The van der Waals surface area contributed by atoms with Crippen molar-refractivity contribution in [2.75, 3.05) is 25.9 Å². The highest BCUT2D eigenvalue weighted by atomic mass is 32.2. The summed E-state index contributed by atoms with van der Waals surface area (Å²) in [6.07, 6.45) is 3.85. The van der Waals surface area contributed by atoms with Crippen molar-refractivity contribution in [2.24, 2.45) is 0 Å². The highest BCUT2D eigenvalue weighted by Crippen LogP contribution is 1.99. The monoisotopic (exact) mass is 274 g/mol. The summed E-state index contributed by atoms with van der Waals surface area (Å²) >= 11 is 0. The summed E-state index contributed by atoms with van der Waals surface area (Å²) < 4.78 is 24.2. The van der Waals surface area contributed by atoms with Crippen LogP contribution in [0.4, 0.5) is 0 Å². The average Bonchev–Trinajstić information content (AvgIpc) is 2.67. The largest absolute Gasteiger partial charge is 0.345 e. The van der Waals surface area contributed by atoms with Gasteiger partial charge >= 0.3 is 0 Å². The van der Waals surface area contributed by atoms with E-state index in [1.165, 1.54) is 10.6 Å². The van der Waals surface area contributed by atoms with Gasteiger partial charge in [-0.15, -0.1) is 0 Å². The van der Waals surface area contributed by atoms with E-state index in [0.29, 0.717) is 13.1 Å². The van der Waals surface area contributed by atoms with E-state index in [2.05, 4.69) is 15.3 Å². The Morgan fingerprint density at radius 2 is 2.22 bits per heavy atom. The number of hydrogen-bond donors (Lipinski definition) is 2. The maximum atomic E-state index is 11.3. The van der Waals surface area contributed by atoms with Gasteiger partial charge in [0.2, 0.25) is 10.0 Å². The van der Waals surface area contributed by atoms with Gasteiger partial charge in [-0.1, -0.05) is 6.92 Å². The van der Waals surface area contributed by atoms with Gasteiger partial charge in [-0.3, -0.25) is 0 Å². The quantitative estimate of drug-likeness (QED) is 0.676. The average molecular weight is 274 g/mol. The first-order valence-electron chi connectivity index (χ1n) is 6.09. The molecule has 0 unspecified atom stereocenters. The minimum atomic E-state index is -3.06. The molecule has 7 heteroatoms. The Hall–Kier alpha value is -0.920. The Morgan fingerprint density at radius 1 is 1.50 bits per heavy atom. The van der Waals surface area contributed by atoms with Crippen LogP contribution in [0.5, 0.6) is 0 Å². The molecule has 0 atom stereocenters. The van der Waals surface area contributed by atoms with Crippen molar-refractivity contribution in [2.45, 2.75) is 26.8 Å². The summed E-state index contributed by atoms with van der Waals surface area (Å²) in [6, 6.07) is 0. The smallest absolute Gasteiger partial charge is 0.211 e. The van der Waals surface area contributed by atoms with E-state index in [1.807, 2.05) is 13.8 Å². The Balaban J connectivity index is 2.19. The lowest BCUT2D eigenvalue weighted by atomic mass is 10.4. The van der Waals surface area contributed by atoms with E-state index < -0.39 is 10.0 Å². The second-order valence-electron chi connectivity index (χ2n) is 4.28. The van der Waals surface area contributed by atoms with Crippen LogP contribution >= 0.6 is 0 Å². The van der Waals surface area contributed by atoms with Crippen LogP contribution in [0, 0.1) is 6.92 Å². The normalized spacial score (nSPS) is 12.2. The predicted molar refractivity (Wildman–Crippen MR) is 71.7 cm³/mol. The fourth-order valence-corrected chi connectivity index (χ4v) is 2.65. The molecule has 1 rings (SSSR count). The van der Waals surface area contributed by atoms with Crippen molar-refractivity contribution < 1.29 is 8.42 Å². The fourth-order valence-electron chi connectivity index (χ4n) is 1.72. The van der Waals surface area contributed by atoms with Crippen LogP contribution in [0.25, 0.3) is 0 Å². The highest BCUT2D eigenvalue weighted by Gasteiger charge is 2.12. The Bertz CT molecular complexity index is 455. The molecule has 0 amide bonds. The molecule has 0 aliphatic heterocycles. The summed E-state index contributed by atoms with van der Waals surface area (Å²) in [6.45, 7) is 6.36. The SMILES string of the molecule is CCN(CCCNCc1cnc(C)[nH]1)S(C)(=O)=O. The van der Waals surface area contributed by atoms with Gasteiger partial charge in [-0.25, -0.2) is 17.7 Å². The molecule has 0 aliphatic carbocycles. The van der Waals surface area contributed by atoms with Gasteiger partial charge in [0.1, 0.15) is 5.82 Å². The van der Waals surface area contributed by atoms with Crippen LogP contribution in [-0.4, -0.2) is 48.6 Å². The van der Waals surface area contributed by atoms with E-state index in [-0.39, 0.29) is 0 Å². The van der Waals surface area contributed by atoms with E-state index >= 15 is 0 Å². The first kappa shape index (κ1) is 15.1. The first-order chi connectivity index (χ1) is 8.43. The van der Waals surface area contributed by atoms with E-state index in [4.69, 9.17) is 0 Å². The van der Waals surface area contributed by atoms with Gasteiger partial charge in [0.05, 0.1) is 6.26 Å². The molecule has 0 aromatic carbocycles. The number of aromatic amines is 1. The predicted octanol–water partition coefficient (Wildman–Crippen LogP) is 0.479. The molecular formula is C11H22N4O2S. The minimum Gasteiger partial charge on any atom is -0.345 e. The number of H-pyrrole nitrogens is 1. The van der Waals surface area contributed by atoms with Crippen LogP contribution in [0.3, 0.4) is 0 Å². The number of imidazole rings is 1. The maximum Gasteiger partial charge on any atom is 0.211 e. The number of nitrogens with one attached hydrogen (secondary N) is 2. The second-order valence-corrected chi connectivity index (χ2v) is 6.26. The number of aromatic nitrogens is 2. The third-order valence-corrected chi connectivity index (χ3v) is 4.03. The zero-order chi connectivity index (χ0) is 13.6. The van der Waals surface area contributed by atoms with Gasteiger partial charge in [-0.2, -0.15) is 0 Å². The molecule has 104 valence electrons. The minimum absolute atomic E-state index is 0.526.